The third kappa shape index (κ3) is 9.52. The van der Waals surface area contributed by atoms with E-state index in [-0.39, 0.29) is 18.3 Å². The topological polar surface area (TPSA) is 110 Å². The Morgan fingerprint density at radius 1 is 1.29 bits per heavy atom. The number of primary amides is 1. The highest BCUT2D eigenvalue weighted by atomic mass is 35.5. The van der Waals surface area contributed by atoms with Crippen molar-refractivity contribution in [1.82, 2.24) is 10.6 Å². The Morgan fingerprint density at radius 2 is 1.86 bits per heavy atom. The molecule has 0 spiro atoms. The van der Waals surface area contributed by atoms with E-state index in [1.165, 1.54) is 0 Å². The first-order valence-electron chi connectivity index (χ1n) is 7.32. The SMILES string of the molecule is CCCCC(NC(N)=O)C(=O)NC(C)(CN)CC(C)C.Cl. The maximum atomic E-state index is 12.3. The molecule has 3 amide bonds. The third-order valence-corrected chi connectivity index (χ3v) is 3.21. The van der Waals surface area contributed by atoms with Crippen molar-refractivity contribution in [3.63, 3.8) is 0 Å². The van der Waals surface area contributed by atoms with Gasteiger partial charge in [0.2, 0.25) is 5.91 Å². The number of rotatable bonds is 9. The average Bonchev–Trinajstić information content (AvgIpc) is 2.32. The molecule has 126 valence electrons. The molecule has 0 rings (SSSR count). The maximum absolute atomic E-state index is 12.3. The molecule has 0 fully saturated rings. The standard InChI is InChI=1S/C14H30N4O2.ClH/c1-5-6-7-11(17-13(16)20)12(19)18-14(4,9-15)8-10(2)3;/h10-11H,5-9,15H2,1-4H3,(H,18,19)(H3,16,17,20);1H. The van der Waals surface area contributed by atoms with Gasteiger partial charge in [-0.25, -0.2) is 4.79 Å². The lowest BCUT2D eigenvalue weighted by Gasteiger charge is -2.33. The van der Waals surface area contributed by atoms with Crippen molar-refractivity contribution in [2.75, 3.05) is 6.54 Å². The molecule has 0 bridgehead atoms. The van der Waals surface area contributed by atoms with Crippen LogP contribution in [-0.4, -0.2) is 30.1 Å². The summed E-state index contributed by atoms with van der Waals surface area (Å²) in [5.74, 6) is 0.202. The van der Waals surface area contributed by atoms with E-state index in [4.69, 9.17) is 11.5 Å². The van der Waals surface area contributed by atoms with Crippen molar-refractivity contribution in [2.24, 2.45) is 17.4 Å². The second-order valence-corrected chi connectivity index (χ2v) is 6.06. The summed E-state index contributed by atoms with van der Waals surface area (Å²) in [5, 5.41) is 5.45. The summed E-state index contributed by atoms with van der Waals surface area (Å²) in [7, 11) is 0. The van der Waals surface area contributed by atoms with E-state index in [1.54, 1.807) is 0 Å². The van der Waals surface area contributed by atoms with Crippen molar-refractivity contribution in [1.29, 1.82) is 0 Å². The molecule has 0 saturated carbocycles. The van der Waals surface area contributed by atoms with Crippen molar-refractivity contribution < 1.29 is 9.59 Å². The molecule has 0 aliphatic heterocycles. The molecule has 0 aromatic heterocycles. The molecular weight excluding hydrogens is 292 g/mol. The second-order valence-electron chi connectivity index (χ2n) is 6.06. The maximum Gasteiger partial charge on any atom is 0.312 e. The van der Waals surface area contributed by atoms with Crippen LogP contribution in [0.25, 0.3) is 0 Å². The Morgan fingerprint density at radius 3 is 2.24 bits per heavy atom. The number of nitrogens with one attached hydrogen (secondary N) is 2. The van der Waals surface area contributed by atoms with E-state index in [1.807, 2.05) is 13.8 Å². The van der Waals surface area contributed by atoms with Crippen LogP contribution in [0.4, 0.5) is 4.79 Å². The molecule has 2 atom stereocenters. The molecule has 2 unspecified atom stereocenters. The quantitative estimate of drug-likeness (QED) is 0.516. The number of amides is 3. The van der Waals surface area contributed by atoms with Crippen LogP contribution < -0.4 is 22.1 Å². The monoisotopic (exact) mass is 322 g/mol. The first-order valence-corrected chi connectivity index (χ1v) is 7.32. The summed E-state index contributed by atoms with van der Waals surface area (Å²) in [4.78, 5) is 23.3. The molecule has 0 saturated heterocycles. The Labute approximate surface area is 134 Å². The highest BCUT2D eigenvalue weighted by Crippen LogP contribution is 2.16. The van der Waals surface area contributed by atoms with Crippen molar-refractivity contribution in [3.8, 4) is 0 Å². The lowest BCUT2D eigenvalue weighted by Crippen LogP contribution is -2.58. The smallest absolute Gasteiger partial charge is 0.312 e. The Balaban J connectivity index is 0. The number of carbonyl (C=O) groups excluding carboxylic acids is 2. The molecule has 6 N–H and O–H groups in total. The molecule has 7 heteroatoms. The van der Waals surface area contributed by atoms with Gasteiger partial charge in [-0.05, 0) is 25.7 Å². The van der Waals surface area contributed by atoms with Crippen molar-refractivity contribution >= 4 is 24.3 Å². The van der Waals surface area contributed by atoms with Crippen LogP contribution in [0.2, 0.25) is 0 Å². The van der Waals surface area contributed by atoms with Gasteiger partial charge < -0.3 is 22.1 Å². The van der Waals surface area contributed by atoms with E-state index >= 15 is 0 Å². The van der Waals surface area contributed by atoms with Gasteiger partial charge in [0, 0.05) is 12.1 Å². The first kappa shape index (κ1) is 22.3. The number of nitrogens with two attached hydrogens (primary N) is 2. The van der Waals surface area contributed by atoms with E-state index in [9.17, 15) is 9.59 Å². The van der Waals surface area contributed by atoms with Gasteiger partial charge in [0.25, 0.3) is 0 Å². The molecule has 6 nitrogen and oxygen atoms in total. The van der Waals surface area contributed by atoms with Gasteiger partial charge in [-0.3, -0.25) is 4.79 Å². The summed E-state index contributed by atoms with van der Waals surface area (Å²) in [5.41, 5.74) is 10.4. The molecule has 0 radical (unpaired) electrons. The van der Waals surface area contributed by atoms with Crippen LogP contribution in [0.5, 0.6) is 0 Å². The second kappa shape index (κ2) is 10.7. The molecule has 0 aromatic rings. The molecule has 21 heavy (non-hydrogen) atoms. The summed E-state index contributed by atoms with van der Waals surface area (Å²) in [6, 6.07) is -1.27. The minimum absolute atomic E-state index is 0. The van der Waals surface area contributed by atoms with Gasteiger partial charge in [0.1, 0.15) is 6.04 Å². The Hall–Kier alpha value is -1.01. The average molecular weight is 323 g/mol. The van der Waals surface area contributed by atoms with Gasteiger partial charge in [-0.1, -0.05) is 33.6 Å². The highest BCUT2D eigenvalue weighted by molar-refractivity contribution is 5.87. The number of hydrogen-bond acceptors (Lipinski definition) is 3. The minimum Gasteiger partial charge on any atom is -0.352 e. The summed E-state index contributed by atoms with van der Waals surface area (Å²) < 4.78 is 0. The first-order chi connectivity index (χ1) is 9.24. The van der Waals surface area contributed by atoms with E-state index < -0.39 is 17.6 Å². The summed E-state index contributed by atoms with van der Waals surface area (Å²) in [6.45, 7) is 8.47. The van der Waals surface area contributed by atoms with Gasteiger partial charge in [-0.15, -0.1) is 12.4 Å². The van der Waals surface area contributed by atoms with Gasteiger partial charge in [-0.2, -0.15) is 0 Å². The van der Waals surface area contributed by atoms with Crippen LogP contribution in [0.3, 0.4) is 0 Å². The zero-order chi connectivity index (χ0) is 15.8. The fourth-order valence-corrected chi connectivity index (χ4v) is 2.32. The van der Waals surface area contributed by atoms with Gasteiger partial charge in [0.05, 0.1) is 0 Å². The van der Waals surface area contributed by atoms with E-state index in [0.717, 1.165) is 19.3 Å². The fourth-order valence-electron chi connectivity index (χ4n) is 2.32. The zero-order valence-corrected chi connectivity index (χ0v) is 14.4. The van der Waals surface area contributed by atoms with Crippen molar-refractivity contribution in [3.05, 3.63) is 0 Å². The van der Waals surface area contributed by atoms with Crippen molar-refractivity contribution in [2.45, 2.75) is 65.0 Å². The van der Waals surface area contributed by atoms with Crippen LogP contribution in [0, 0.1) is 5.92 Å². The Bertz CT molecular complexity index is 326. The lowest BCUT2D eigenvalue weighted by atomic mass is 9.90. The molecule has 0 aliphatic carbocycles. The number of unbranched alkanes of at least 4 members (excludes halogenated alkanes) is 1. The minimum atomic E-state index is -0.681. The van der Waals surface area contributed by atoms with E-state index in [2.05, 4.69) is 24.5 Å². The molecule has 0 aromatic carbocycles. The van der Waals surface area contributed by atoms with Crippen LogP contribution in [0.15, 0.2) is 0 Å². The number of carbonyl (C=O) groups is 2. The predicted molar refractivity (Wildman–Crippen MR) is 88.3 cm³/mol. The fraction of sp³-hybridized carbons (Fsp3) is 0.857. The predicted octanol–water partition coefficient (Wildman–Crippen LogP) is 1.52. The van der Waals surface area contributed by atoms with Crippen LogP contribution in [-0.2, 0) is 4.79 Å². The third-order valence-electron chi connectivity index (χ3n) is 3.21. The highest BCUT2D eigenvalue weighted by Gasteiger charge is 2.29. The normalized spacial score (nSPS) is 14.8. The van der Waals surface area contributed by atoms with Gasteiger partial charge in [0.15, 0.2) is 0 Å². The van der Waals surface area contributed by atoms with Crippen LogP contribution >= 0.6 is 12.4 Å². The molecular formula is C14H31ClN4O2. The summed E-state index contributed by atoms with van der Waals surface area (Å²) in [6.07, 6.45) is 3.16. The number of halogens is 1. The lowest BCUT2D eigenvalue weighted by molar-refractivity contribution is -0.125. The summed E-state index contributed by atoms with van der Waals surface area (Å²) >= 11 is 0. The number of hydrogen-bond donors (Lipinski definition) is 4. The van der Waals surface area contributed by atoms with Crippen LogP contribution in [0.1, 0.15) is 53.4 Å². The Kier molecular flexibility index (Phi) is 11.3. The number of urea groups is 1. The molecule has 0 aliphatic rings. The van der Waals surface area contributed by atoms with Gasteiger partial charge >= 0.3 is 6.03 Å². The van der Waals surface area contributed by atoms with E-state index in [0.29, 0.717) is 18.9 Å². The zero-order valence-electron chi connectivity index (χ0n) is 13.6. The molecule has 0 heterocycles. The largest absolute Gasteiger partial charge is 0.352 e.